The highest BCUT2D eigenvalue weighted by Gasteiger charge is 2.34. The van der Waals surface area contributed by atoms with Gasteiger partial charge in [0.15, 0.2) is 0 Å². The maximum Gasteiger partial charge on any atom is 0.133 e. The Morgan fingerprint density at radius 3 is 0.209 bits per heavy atom. The van der Waals surface area contributed by atoms with Gasteiger partial charge in [-0.3, -0.25) is 93.0 Å². The van der Waals surface area contributed by atoms with E-state index in [1.54, 1.807) is 63.7 Å². The minimum absolute atomic E-state index is 0. The van der Waals surface area contributed by atoms with Gasteiger partial charge in [0.2, 0.25) is 0 Å². The molecule has 0 bridgehead atoms. The number of hydrogen-bond donors (Lipinski definition) is 13. The first-order valence-corrected chi connectivity index (χ1v) is 51.9. The molecule has 26 unspecified atom stereocenters. The first-order chi connectivity index (χ1) is 62.0. The first kappa shape index (κ1) is 141. The Morgan fingerprint density at radius 1 is 0.149 bits per heavy atom. The Kier molecular flexibility index (Phi) is 85.2. The van der Waals surface area contributed by atoms with Crippen LogP contribution in [-0.2, 0) is 0 Å². The molecule has 0 amide bonds. The molecule has 43 heteroatoms. The summed E-state index contributed by atoms with van der Waals surface area (Å²) in [6, 6.07) is 10.3. The molecule has 13 fully saturated rings. The fourth-order valence-electron chi connectivity index (χ4n) is 18.2. The van der Waals surface area contributed by atoms with E-state index in [0.29, 0.717) is 0 Å². The van der Waals surface area contributed by atoms with Crippen molar-refractivity contribution in [3.8, 4) is 0 Å². The molecule has 0 radical (unpaired) electrons. The van der Waals surface area contributed by atoms with Crippen molar-refractivity contribution in [2.24, 2.45) is 0 Å². The van der Waals surface area contributed by atoms with Crippen LogP contribution < -0.4 is 129 Å². The molecular weight excluding hydrogens is 1710 g/mol. The third-order valence-corrected chi connectivity index (χ3v) is 30.0. The second-order valence-corrected chi connectivity index (χ2v) is 41.1. The predicted octanol–water partition coefficient (Wildman–Crippen LogP) is -29.4. The molecule has 26 atom stereocenters. The van der Waals surface area contributed by atoms with Gasteiger partial charge in [0.05, 0.1) is 249 Å². The van der Waals surface area contributed by atoms with Crippen molar-refractivity contribution in [1.82, 2.24) is 63.7 Å². The van der Waals surface area contributed by atoms with E-state index in [0.717, 1.165) is 78.5 Å². The maximum atomic E-state index is 8.42. The van der Waals surface area contributed by atoms with E-state index in [1.807, 2.05) is 0 Å². The van der Waals surface area contributed by atoms with Crippen molar-refractivity contribution in [2.45, 2.75) is 259 Å². The zero-order valence-corrected chi connectivity index (χ0v) is 94.0. The fourth-order valence-corrected chi connectivity index (χ4v) is 18.2. The number of nitrogens with zero attached hydrogens (tertiary/aromatic N) is 13. The maximum absolute atomic E-state index is 8.42. The van der Waals surface area contributed by atoms with Gasteiger partial charge in [0, 0.05) is 0 Å². The van der Waals surface area contributed by atoms with Gasteiger partial charge in [0.1, 0.15) is 86.7 Å². The lowest BCUT2D eigenvalue weighted by Crippen LogP contribution is -3.10. The summed E-state index contributed by atoms with van der Waals surface area (Å²) in [7, 11) is 17.0. The Balaban J connectivity index is -0.000000442. The van der Waals surface area contributed by atoms with E-state index in [2.05, 4.69) is 335 Å². The van der Waals surface area contributed by atoms with Crippen LogP contribution in [0.3, 0.4) is 0 Å². The molecule has 13 aliphatic heterocycles. The van der Waals surface area contributed by atoms with E-state index in [4.69, 9.17) is 60.3 Å². The average molecular weight is 1930 g/mol. The van der Waals surface area contributed by atoms with Gasteiger partial charge in [-0.25, -0.2) is 0 Å². The lowest BCUT2D eigenvalue weighted by molar-refractivity contribution is -0.890. The van der Waals surface area contributed by atoms with E-state index < -0.39 is 29.3 Å². The van der Waals surface area contributed by atoms with E-state index in [1.165, 1.54) is 257 Å². The quantitative estimate of drug-likeness (QED) is 0.0762. The lowest BCUT2D eigenvalue weighted by Gasteiger charge is -2.35. The number of nitrogens with one attached hydrogen (secondary N) is 13. The Labute approximate surface area is 824 Å². The molecule has 0 aromatic heterocycles. The van der Waals surface area contributed by atoms with E-state index in [-0.39, 0.29) is 4.70 Å². The summed E-state index contributed by atoms with van der Waals surface area (Å²) in [6.07, 6.45) is 0. The van der Waals surface area contributed by atoms with Crippen molar-refractivity contribution in [1.29, 1.82) is 0 Å². The van der Waals surface area contributed by atoms with Crippen molar-refractivity contribution in [3.63, 3.8) is 0 Å². The van der Waals surface area contributed by atoms with Gasteiger partial charge < -0.3 is 129 Å². The van der Waals surface area contributed by atoms with Crippen molar-refractivity contribution in [2.75, 3.05) is 348 Å². The van der Waals surface area contributed by atoms with E-state index >= 15 is 0 Å². The summed E-state index contributed by atoms with van der Waals surface area (Å²) < 4.78 is 0. The molecule has 13 rings (SSSR count). The molecular formula is C91H221B4FN26O12. The Hall–Kier alpha value is -1.33. The molecule has 13 saturated heterocycles. The number of likely N-dealkylation sites (N-methyl/N-ethyl adjacent to an activating group) is 26. The lowest BCUT2D eigenvalue weighted by atomic mass is 10.3. The first-order valence-electron chi connectivity index (χ1n) is 51.9. The number of rotatable bonds is 13. The zero-order chi connectivity index (χ0) is 103. The van der Waals surface area contributed by atoms with Crippen LogP contribution in [0.2, 0.25) is 0 Å². The van der Waals surface area contributed by atoms with E-state index in [9.17, 15) is 0 Å². The molecule has 806 valence electrons. The van der Waals surface area contributed by atoms with Crippen LogP contribution in [0, 0.1) is 0 Å². The van der Waals surface area contributed by atoms with Gasteiger partial charge in [-0.1, -0.05) is 0 Å². The van der Waals surface area contributed by atoms with Gasteiger partial charge in [-0.15, -0.1) is 0 Å². The SMILES string of the molecule is CC[NH+]1CC(C)N(C)C1.CC[NH+]1CC(C)N(C)C1.CC[NH+]1CC(C)N(C)C1.CC[NH+]1CC(C)N(C)C1.CC[NH+]1CC(C)N(C)C1.CC[NH+]1CC(C)N(C)C1.CC[NH+]1CC(C)N(C)C1.CC[NH+]1CC(C)N(C)C1.CC[NH+]1CC(C)N(C)C1.CC[NH+]1CC(C)N(C)C1.CC[NH+]1CC(C)N(C)C1.CC[NH+]1CC(C)N(C)C1.CC[NH+]1CC(C)N(C)C1.[F-].[O-]B([O-])[O-].[O-]B([O-])[O-].[O-]B([O-])[O-].[O-]B([O-])[O-]. The van der Waals surface area contributed by atoms with Crippen molar-refractivity contribution in [3.05, 3.63) is 0 Å². The second kappa shape index (κ2) is 80.9. The smallest absolute Gasteiger partial charge is 0.133 e. The molecule has 0 saturated carbocycles. The summed E-state index contributed by atoms with van der Waals surface area (Å²) in [5.41, 5.74) is 0. The topological polar surface area (TPSA) is 377 Å². The predicted molar refractivity (Wildman–Crippen MR) is 523 cm³/mol. The van der Waals surface area contributed by atoms with Crippen LogP contribution in [0.1, 0.15) is 180 Å². The van der Waals surface area contributed by atoms with Crippen LogP contribution in [0.5, 0.6) is 0 Å². The van der Waals surface area contributed by atoms with Crippen LogP contribution in [0.25, 0.3) is 0 Å². The molecule has 0 spiro atoms. The standard InChI is InChI=1S/13C7H16N2.4BO3.FH/c13*1-4-9-5-7(2)8(3)6-9;4*2-1(3)4;/h13*7H,4-6H2,1-3H3;;;;;1H/q;;;;;;;;;;;;;4*-3;/p+12. The number of hydrogen-bond acceptors (Lipinski definition) is 25. The molecule has 134 heavy (non-hydrogen) atoms. The second-order valence-electron chi connectivity index (χ2n) is 41.1. The normalized spacial score (nSPS) is 33.7. The fraction of sp³-hybridized carbons (Fsp3) is 1.00. The summed E-state index contributed by atoms with van der Waals surface area (Å²) in [5.74, 6) is 0. The monoisotopic (exact) mass is 1930 g/mol. The molecule has 0 aromatic carbocycles. The third-order valence-electron chi connectivity index (χ3n) is 30.0. The number of quaternary nitrogens is 13. The van der Waals surface area contributed by atoms with Crippen LogP contribution >= 0.6 is 0 Å². The Bertz CT molecular complexity index is 1910. The minimum Gasteiger partial charge on any atom is -1.00 e. The Morgan fingerprint density at radius 2 is 0.194 bits per heavy atom. The molecule has 0 aromatic rings. The summed E-state index contributed by atoms with van der Waals surface area (Å²) >= 11 is 0. The van der Waals surface area contributed by atoms with Crippen LogP contribution in [0.15, 0.2) is 0 Å². The van der Waals surface area contributed by atoms with Crippen molar-refractivity contribution < 1.29 is 129 Å². The largest absolute Gasteiger partial charge is 1.00 e. The van der Waals surface area contributed by atoms with Gasteiger partial charge in [-0.2, -0.15) is 0 Å². The zero-order valence-electron chi connectivity index (χ0n) is 94.0. The molecule has 13 N–H and O–H groups in total. The average Bonchev–Trinajstić information content (AvgIpc) is 1.89. The molecule has 38 nitrogen and oxygen atoms in total. The van der Waals surface area contributed by atoms with Crippen LogP contribution in [-0.4, -0.2) is 520 Å². The highest BCUT2D eigenvalue weighted by molar-refractivity contribution is 6.24. The van der Waals surface area contributed by atoms with Gasteiger partial charge in [-0.05, 0) is 272 Å². The number of halogens is 1. The summed E-state index contributed by atoms with van der Waals surface area (Å²) in [6.45, 7) is 109. The summed E-state index contributed by atoms with van der Waals surface area (Å²) in [5, 5.41) is 101. The highest BCUT2D eigenvalue weighted by atomic mass is 19.0. The van der Waals surface area contributed by atoms with Gasteiger partial charge >= 0.3 is 0 Å². The molecule has 13 aliphatic rings. The summed E-state index contributed by atoms with van der Waals surface area (Å²) in [4.78, 5) is 53.7. The van der Waals surface area contributed by atoms with Gasteiger partial charge in [0.25, 0.3) is 0 Å². The molecule has 13 heterocycles. The highest BCUT2D eigenvalue weighted by Crippen LogP contribution is 2.02. The molecule has 0 aliphatic carbocycles. The third kappa shape index (κ3) is 67.3. The minimum atomic E-state index is -2.92. The van der Waals surface area contributed by atoms with Crippen molar-refractivity contribution >= 4 is 29.3 Å². The van der Waals surface area contributed by atoms with Crippen LogP contribution in [0.4, 0.5) is 0 Å².